The van der Waals surface area contributed by atoms with Crippen LogP contribution >= 0.6 is 11.8 Å². The van der Waals surface area contributed by atoms with Crippen molar-refractivity contribution < 1.29 is 56.8 Å². The number of nitrogens with one attached hydrogen (secondary N) is 1. The van der Waals surface area contributed by atoms with Crippen molar-refractivity contribution in [2.45, 2.75) is 30.2 Å². The van der Waals surface area contributed by atoms with E-state index in [4.69, 9.17) is 25.1 Å². The lowest BCUT2D eigenvalue weighted by Crippen LogP contribution is -2.81. The Bertz CT molecular complexity index is 1110. The molecule has 2 aliphatic heterocycles. The highest BCUT2D eigenvalue weighted by Gasteiger charge is 2.66. The van der Waals surface area contributed by atoms with Gasteiger partial charge in [-0.05, 0) is 5.56 Å². The molecule has 16 heteroatoms. The number of halogens is 3. The summed E-state index contributed by atoms with van der Waals surface area (Å²) >= 11 is 1.19. The zero-order chi connectivity index (χ0) is 28.1. The molecule has 2 amide bonds. The van der Waals surface area contributed by atoms with Crippen LogP contribution in [0.1, 0.15) is 18.5 Å². The molecule has 1 aromatic rings. The summed E-state index contributed by atoms with van der Waals surface area (Å²) in [7, 11) is 1.25. The molecule has 2 heterocycles. The molecule has 5 N–H and O–H groups in total. The van der Waals surface area contributed by atoms with Crippen molar-refractivity contribution >= 4 is 41.5 Å². The summed E-state index contributed by atoms with van der Waals surface area (Å²) in [6, 6.07) is 7.57. The minimum atomic E-state index is -5.08. The largest absolute Gasteiger partial charge is 0.490 e. The van der Waals surface area contributed by atoms with Gasteiger partial charge in [0.25, 0.3) is 11.6 Å². The lowest BCUT2D eigenvalue weighted by Gasteiger charge is -2.55. The number of carboxylic acids is 2. The summed E-state index contributed by atoms with van der Waals surface area (Å²) in [6.07, 6.45) is -5.08. The second-order valence-corrected chi connectivity index (χ2v) is 8.56. The molecule has 1 fully saturated rings. The number of carboxylic acid groups (broad SMARTS) is 2. The smallest absolute Gasteiger partial charge is 0.477 e. The Balaban J connectivity index is 0.000000604. The monoisotopic (exact) mass is 549 g/mol. The summed E-state index contributed by atoms with van der Waals surface area (Å²) in [5.74, 6) is -5.87. The lowest BCUT2D eigenvalue weighted by atomic mass is 9.97. The first-order chi connectivity index (χ1) is 17.2. The minimum absolute atomic E-state index is 0.176. The molecule has 202 valence electrons. The molecule has 0 radical (unpaired) electrons. The predicted octanol–water partition coefficient (Wildman–Crippen LogP) is 0.596. The van der Waals surface area contributed by atoms with Gasteiger partial charge in [-0.1, -0.05) is 30.3 Å². The van der Waals surface area contributed by atoms with Crippen molar-refractivity contribution in [1.82, 2.24) is 10.2 Å². The summed E-state index contributed by atoms with van der Waals surface area (Å²) in [5.41, 5.74) is 4.81. The highest BCUT2D eigenvalue weighted by atomic mass is 32.2. The third-order valence-electron chi connectivity index (χ3n) is 5.08. The summed E-state index contributed by atoms with van der Waals surface area (Å²) in [5, 5.41) is 18.5. The number of hydrogen-bond donors (Lipinski definition) is 4. The molecular weight excluding hydrogens is 527 g/mol. The van der Waals surface area contributed by atoms with Gasteiger partial charge in [-0.15, -0.1) is 11.8 Å². The number of methoxy groups -OCH3 is 1. The number of nitrogens with zero attached hydrogens (tertiary/aromatic N) is 1. The highest BCUT2D eigenvalue weighted by Crippen LogP contribution is 2.46. The number of aliphatic carboxylic acids is 2. The molecule has 0 aromatic heterocycles. The molecule has 3 rings (SSSR count). The molecule has 0 aliphatic carbocycles. The highest BCUT2D eigenvalue weighted by molar-refractivity contribution is 8.00. The zero-order valence-corrected chi connectivity index (χ0v) is 20.1. The molecule has 0 spiro atoms. The molecular formula is C21H22F3N3O9S. The SMILES string of the molecule is CO[C@@]1(NC(=O)C(N)c2ccccc2)C(=O)N2C(C(=O)O)=C(COC(C)=O)CS[C@H]21.O=C(O)C(F)(F)F. The minimum Gasteiger partial charge on any atom is -0.477 e. The summed E-state index contributed by atoms with van der Waals surface area (Å²) in [4.78, 5) is 58.5. The molecule has 1 aromatic carbocycles. The fourth-order valence-electron chi connectivity index (χ4n) is 3.32. The number of carbonyl (C=O) groups is 5. The van der Waals surface area contributed by atoms with Crippen LogP contribution in [0.4, 0.5) is 13.2 Å². The number of amides is 2. The number of esters is 1. The van der Waals surface area contributed by atoms with Crippen molar-refractivity contribution in [2.75, 3.05) is 19.5 Å². The standard InChI is InChI=1S/C19H21N3O7S.C2HF3O2/c1-10(23)29-8-12-9-30-18-19(28-2,17(27)22(18)14(12)16(25)26)21-15(24)13(20)11-6-4-3-5-7-11;3-2(4,5)1(6)7/h3-7,13,18H,8-9,20H2,1-2H3,(H,21,24)(H,25,26);(H,6,7)/t13?,18-,19-;/m0./s1. The van der Waals surface area contributed by atoms with Crippen molar-refractivity contribution in [3.63, 3.8) is 0 Å². The Hall–Kier alpha value is -3.63. The van der Waals surface area contributed by atoms with E-state index < -0.39 is 53.0 Å². The number of benzene rings is 1. The molecule has 2 aliphatic rings. The number of ether oxygens (including phenoxy) is 2. The van der Waals surface area contributed by atoms with Crippen LogP contribution in [-0.4, -0.2) is 81.6 Å². The first-order valence-corrected chi connectivity index (χ1v) is 11.2. The normalized spacial score (nSPS) is 21.5. The Kier molecular flexibility index (Phi) is 9.29. The number of alkyl halides is 3. The zero-order valence-electron chi connectivity index (χ0n) is 19.3. The average molecular weight is 549 g/mol. The maximum Gasteiger partial charge on any atom is 0.490 e. The van der Waals surface area contributed by atoms with Crippen LogP contribution in [0.2, 0.25) is 0 Å². The van der Waals surface area contributed by atoms with Gasteiger partial charge in [0.1, 0.15) is 23.7 Å². The predicted molar refractivity (Wildman–Crippen MR) is 119 cm³/mol. The van der Waals surface area contributed by atoms with Crippen molar-refractivity contribution in [1.29, 1.82) is 0 Å². The summed E-state index contributed by atoms with van der Waals surface area (Å²) in [6.45, 7) is 0.960. The van der Waals surface area contributed by atoms with Crippen LogP contribution in [-0.2, 0) is 33.4 Å². The van der Waals surface area contributed by atoms with Crippen LogP contribution in [0.3, 0.4) is 0 Å². The van der Waals surface area contributed by atoms with E-state index in [2.05, 4.69) is 5.32 Å². The van der Waals surface area contributed by atoms with Gasteiger partial charge in [0.2, 0.25) is 5.91 Å². The maximum absolute atomic E-state index is 13.0. The lowest BCUT2D eigenvalue weighted by molar-refractivity contribution is -0.193. The average Bonchev–Trinajstić information content (AvgIpc) is 2.84. The number of fused-ring (bicyclic) bond motifs is 1. The topological polar surface area (TPSA) is 186 Å². The van der Waals surface area contributed by atoms with Crippen LogP contribution in [0.5, 0.6) is 0 Å². The molecule has 12 nitrogen and oxygen atoms in total. The van der Waals surface area contributed by atoms with E-state index in [1.807, 2.05) is 0 Å². The van der Waals surface area contributed by atoms with Gasteiger partial charge in [-0.3, -0.25) is 19.3 Å². The van der Waals surface area contributed by atoms with Gasteiger partial charge in [-0.2, -0.15) is 13.2 Å². The molecule has 1 unspecified atom stereocenters. The second kappa shape index (κ2) is 11.6. The number of thioether (sulfide) groups is 1. The fourth-order valence-corrected chi connectivity index (χ4v) is 4.74. The van der Waals surface area contributed by atoms with Gasteiger partial charge in [0, 0.05) is 25.4 Å². The van der Waals surface area contributed by atoms with Crippen LogP contribution in [0, 0.1) is 0 Å². The van der Waals surface area contributed by atoms with Gasteiger partial charge in [-0.25, -0.2) is 9.59 Å². The van der Waals surface area contributed by atoms with Gasteiger partial charge in [0.15, 0.2) is 0 Å². The van der Waals surface area contributed by atoms with E-state index in [1.165, 1.54) is 25.8 Å². The first-order valence-electron chi connectivity index (χ1n) is 10.2. The van der Waals surface area contributed by atoms with E-state index in [1.54, 1.807) is 30.3 Å². The van der Waals surface area contributed by atoms with E-state index >= 15 is 0 Å². The van der Waals surface area contributed by atoms with Crippen LogP contribution < -0.4 is 11.1 Å². The molecule has 0 saturated carbocycles. The van der Waals surface area contributed by atoms with Crippen molar-refractivity contribution in [3.8, 4) is 0 Å². The van der Waals surface area contributed by atoms with Crippen LogP contribution in [0.15, 0.2) is 41.6 Å². The van der Waals surface area contributed by atoms with Crippen molar-refractivity contribution in [2.24, 2.45) is 5.73 Å². The molecule has 1 saturated heterocycles. The number of nitrogens with two attached hydrogens (primary N) is 1. The van der Waals surface area contributed by atoms with Gasteiger partial charge in [0.05, 0.1) is 0 Å². The van der Waals surface area contributed by atoms with E-state index in [9.17, 15) is 37.5 Å². The first kappa shape index (κ1) is 29.6. The van der Waals surface area contributed by atoms with Crippen LogP contribution in [0.25, 0.3) is 0 Å². The fraction of sp³-hybridized carbons (Fsp3) is 0.381. The van der Waals surface area contributed by atoms with E-state index in [0.29, 0.717) is 5.56 Å². The van der Waals surface area contributed by atoms with Gasteiger partial charge < -0.3 is 30.7 Å². The third-order valence-corrected chi connectivity index (χ3v) is 6.45. The molecule has 0 bridgehead atoms. The quantitative estimate of drug-likeness (QED) is 0.212. The molecule has 37 heavy (non-hydrogen) atoms. The van der Waals surface area contributed by atoms with Gasteiger partial charge >= 0.3 is 24.1 Å². The van der Waals surface area contributed by atoms with E-state index in [0.717, 1.165) is 4.90 Å². The maximum atomic E-state index is 13.0. The molecule has 3 atom stereocenters. The number of carbonyl (C=O) groups excluding carboxylic acids is 3. The number of β-lactam (4-membered cyclic amide) rings is 1. The summed E-state index contributed by atoms with van der Waals surface area (Å²) < 4.78 is 42.0. The number of hydrogen-bond acceptors (Lipinski definition) is 9. The number of rotatable bonds is 7. The Morgan fingerprint density at radius 1 is 1.24 bits per heavy atom. The Morgan fingerprint density at radius 3 is 2.27 bits per heavy atom. The second-order valence-electron chi connectivity index (χ2n) is 7.50. The van der Waals surface area contributed by atoms with E-state index in [-0.39, 0.29) is 23.6 Å². The Morgan fingerprint density at radius 2 is 1.81 bits per heavy atom. The Labute approximate surface area is 211 Å². The van der Waals surface area contributed by atoms with Crippen molar-refractivity contribution in [3.05, 3.63) is 47.2 Å². The third kappa shape index (κ3) is 6.39.